The summed E-state index contributed by atoms with van der Waals surface area (Å²) in [4.78, 5) is 43.7. The molecule has 2 heterocycles. The second-order valence-electron chi connectivity index (χ2n) is 7.00. The number of rotatable bonds is 3. The summed E-state index contributed by atoms with van der Waals surface area (Å²) in [5.74, 6) is -1.15. The van der Waals surface area contributed by atoms with Crippen LogP contribution in [0.4, 0.5) is 0 Å². The fourth-order valence-corrected chi connectivity index (χ4v) is 3.76. The minimum atomic E-state index is -0.633. The van der Waals surface area contributed by atoms with Crippen molar-refractivity contribution < 1.29 is 14.4 Å². The topological polar surface area (TPSA) is 91.4 Å². The van der Waals surface area contributed by atoms with Gasteiger partial charge in [-0.05, 0) is 49.2 Å². The number of fused-ring (bicyclic) bond motifs is 1. The molecule has 2 N–H and O–H groups in total. The van der Waals surface area contributed by atoms with Gasteiger partial charge < -0.3 is 4.90 Å². The number of para-hydroxylation sites is 1. The number of nitrogens with zero attached hydrogens (tertiary/aromatic N) is 2. The van der Waals surface area contributed by atoms with Crippen LogP contribution in [0.15, 0.2) is 65.1 Å². The van der Waals surface area contributed by atoms with Crippen LogP contribution in [0, 0.1) is 0 Å². The lowest BCUT2D eigenvalue weighted by Crippen LogP contribution is -2.51. The number of pyridine rings is 1. The smallest absolute Gasteiger partial charge is 0.288 e. The van der Waals surface area contributed by atoms with Crippen LogP contribution < -0.4 is 10.9 Å². The van der Waals surface area contributed by atoms with Gasteiger partial charge in [0.15, 0.2) is 0 Å². The van der Waals surface area contributed by atoms with Gasteiger partial charge in [0.05, 0.1) is 5.52 Å². The van der Waals surface area contributed by atoms with Gasteiger partial charge in [0.1, 0.15) is 11.7 Å². The number of hydrogen-bond acceptors (Lipinski definition) is 4. The molecule has 152 valence electrons. The van der Waals surface area contributed by atoms with Crippen molar-refractivity contribution in [1.29, 1.82) is 0 Å². The van der Waals surface area contributed by atoms with Crippen molar-refractivity contribution >= 4 is 44.6 Å². The highest BCUT2D eigenvalue weighted by Gasteiger charge is 2.34. The highest BCUT2D eigenvalue weighted by atomic mass is 79.9. The lowest BCUT2D eigenvalue weighted by atomic mass is 10.1. The van der Waals surface area contributed by atoms with E-state index in [4.69, 9.17) is 0 Å². The molecule has 3 aromatic rings. The van der Waals surface area contributed by atoms with Gasteiger partial charge in [-0.1, -0.05) is 40.2 Å². The Morgan fingerprint density at radius 1 is 0.967 bits per heavy atom. The highest BCUT2D eigenvalue weighted by molar-refractivity contribution is 9.10. The number of likely N-dealkylation sites (tertiary alicyclic amines) is 1. The second kappa shape index (κ2) is 8.62. The van der Waals surface area contributed by atoms with Crippen LogP contribution in [0.1, 0.15) is 33.7 Å². The maximum absolute atomic E-state index is 12.8. The molecular formula is C22H19BrN4O3. The normalized spacial score (nSPS) is 15.8. The summed E-state index contributed by atoms with van der Waals surface area (Å²) in [5.41, 5.74) is 6.24. The summed E-state index contributed by atoms with van der Waals surface area (Å²) in [6.45, 7) is 0.493. The molecule has 0 radical (unpaired) electrons. The Kier molecular flexibility index (Phi) is 5.76. The molecule has 0 bridgehead atoms. The number of hydrogen-bond donors (Lipinski definition) is 2. The first kappa shape index (κ1) is 20.0. The number of benzene rings is 2. The molecule has 4 rings (SSSR count). The maximum Gasteiger partial charge on any atom is 0.288 e. The number of carbonyl (C=O) groups excluding carboxylic acids is 3. The third-order valence-corrected chi connectivity index (χ3v) is 5.57. The van der Waals surface area contributed by atoms with Gasteiger partial charge in [0.25, 0.3) is 17.7 Å². The number of nitrogens with one attached hydrogen (secondary N) is 2. The number of halogens is 1. The van der Waals surface area contributed by atoms with E-state index in [1.54, 1.807) is 41.3 Å². The van der Waals surface area contributed by atoms with Crippen molar-refractivity contribution in [3.05, 3.63) is 76.4 Å². The average Bonchev–Trinajstić information content (AvgIpc) is 3.27. The molecule has 1 unspecified atom stereocenters. The summed E-state index contributed by atoms with van der Waals surface area (Å²) >= 11 is 3.35. The molecule has 1 aliphatic rings. The van der Waals surface area contributed by atoms with Crippen LogP contribution in [-0.2, 0) is 4.79 Å². The van der Waals surface area contributed by atoms with Crippen molar-refractivity contribution in [2.45, 2.75) is 18.9 Å². The molecule has 30 heavy (non-hydrogen) atoms. The van der Waals surface area contributed by atoms with Crippen LogP contribution in [0.5, 0.6) is 0 Å². The Labute approximate surface area is 181 Å². The predicted molar refractivity (Wildman–Crippen MR) is 116 cm³/mol. The predicted octanol–water partition coefficient (Wildman–Crippen LogP) is 3.06. The van der Waals surface area contributed by atoms with Gasteiger partial charge in [-0.15, -0.1) is 0 Å². The first-order valence-electron chi connectivity index (χ1n) is 9.55. The van der Waals surface area contributed by atoms with E-state index in [1.807, 2.05) is 24.3 Å². The van der Waals surface area contributed by atoms with Crippen LogP contribution >= 0.6 is 15.9 Å². The van der Waals surface area contributed by atoms with Gasteiger partial charge in [-0.2, -0.15) is 0 Å². The summed E-state index contributed by atoms with van der Waals surface area (Å²) in [6.07, 6.45) is 1.26. The lowest BCUT2D eigenvalue weighted by Gasteiger charge is -2.24. The lowest BCUT2D eigenvalue weighted by molar-refractivity contribution is -0.125. The van der Waals surface area contributed by atoms with E-state index in [1.165, 1.54) is 0 Å². The van der Waals surface area contributed by atoms with E-state index in [9.17, 15) is 14.4 Å². The zero-order valence-corrected chi connectivity index (χ0v) is 17.6. The van der Waals surface area contributed by atoms with Gasteiger partial charge in [-0.25, -0.2) is 4.98 Å². The number of aromatic nitrogens is 1. The first-order valence-corrected chi connectivity index (χ1v) is 10.3. The van der Waals surface area contributed by atoms with E-state index >= 15 is 0 Å². The molecule has 7 nitrogen and oxygen atoms in total. The van der Waals surface area contributed by atoms with Crippen molar-refractivity contribution in [3.8, 4) is 0 Å². The van der Waals surface area contributed by atoms with E-state index in [0.717, 1.165) is 16.3 Å². The Balaban J connectivity index is 1.40. The quantitative estimate of drug-likeness (QED) is 0.580. The molecule has 2 aromatic carbocycles. The highest BCUT2D eigenvalue weighted by Crippen LogP contribution is 2.21. The molecule has 8 heteroatoms. The molecule has 0 saturated carbocycles. The number of amides is 3. The first-order chi connectivity index (χ1) is 14.5. The van der Waals surface area contributed by atoms with Gasteiger partial charge >= 0.3 is 0 Å². The van der Waals surface area contributed by atoms with E-state index in [2.05, 4.69) is 31.8 Å². The Morgan fingerprint density at radius 3 is 2.53 bits per heavy atom. The fraction of sp³-hybridized carbons (Fsp3) is 0.182. The third-order valence-electron chi connectivity index (χ3n) is 5.04. The molecule has 1 fully saturated rings. The van der Waals surface area contributed by atoms with E-state index < -0.39 is 17.9 Å². The van der Waals surface area contributed by atoms with Crippen molar-refractivity contribution in [1.82, 2.24) is 20.7 Å². The monoisotopic (exact) mass is 466 g/mol. The zero-order chi connectivity index (χ0) is 21.1. The number of carbonyl (C=O) groups is 3. The molecule has 3 amide bonds. The van der Waals surface area contributed by atoms with E-state index in [-0.39, 0.29) is 11.6 Å². The second-order valence-corrected chi connectivity index (χ2v) is 7.91. The van der Waals surface area contributed by atoms with Crippen molar-refractivity contribution in [3.63, 3.8) is 0 Å². The molecule has 1 aliphatic heterocycles. The fourth-order valence-electron chi connectivity index (χ4n) is 3.50. The standard InChI is InChI=1S/C22H19BrN4O3/c23-16-10-7-15(8-11-16)22(30)27-13-3-6-19(27)21(29)26-25-20(28)18-12-9-14-4-1-2-5-17(14)24-18/h1-2,4-5,7-12,19H,3,6,13H2,(H,25,28)(H,26,29). The zero-order valence-electron chi connectivity index (χ0n) is 16.0. The summed E-state index contributed by atoms with van der Waals surface area (Å²) in [6, 6.07) is 17.2. The van der Waals surface area contributed by atoms with Crippen LogP contribution in [-0.4, -0.2) is 40.2 Å². The number of hydrazine groups is 1. The van der Waals surface area contributed by atoms with Crippen molar-refractivity contribution in [2.75, 3.05) is 6.54 Å². The Hall–Kier alpha value is -3.26. The van der Waals surface area contributed by atoms with Crippen molar-refractivity contribution in [2.24, 2.45) is 0 Å². The molecular weight excluding hydrogens is 448 g/mol. The van der Waals surface area contributed by atoms with Crippen LogP contribution in [0.25, 0.3) is 10.9 Å². The molecule has 0 spiro atoms. The van der Waals surface area contributed by atoms with Gasteiger partial charge in [-0.3, -0.25) is 25.2 Å². The molecule has 1 aromatic heterocycles. The maximum atomic E-state index is 12.8. The SMILES string of the molecule is O=C(NNC(=O)C1CCCN1C(=O)c1ccc(Br)cc1)c1ccc2ccccc2n1. The Morgan fingerprint density at radius 2 is 1.73 bits per heavy atom. The average molecular weight is 467 g/mol. The molecule has 1 saturated heterocycles. The van der Waals surface area contributed by atoms with Crippen LogP contribution in [0.3, 0.4) is 0 Å². The summed E-state index contributed by atoms with van der Waals surface area (Å²) in [7, 11) is 0. The van der Waals surface area contributed by atoms with Crippen LogP contribution in [0.2, 0.25) is 0 Å². The van der Waals surface area contributed by atoms with Gasteiger partial charge in [0, 0.05) is 22.0 Å². The van der Waals surface area contributed by atoms with Gasteiger partial charge in [0.2, 0.25) is 0 Å². The van der Waals surface area contributed by atoms with E-state index in [0.29, 0.717) is 24.0 Å². The summed E-state index contributed by atoms with van der Waals surface area (Å²) in [5, 5.41) is 0.922. The minimum absolute atomic E-state index is 0.197. The summed E-state index contributed by atoms with van der Waals surface area (Å²) < 4.78 is 0.875. The Bertz CT molecular complexity index is 1120. The largest absolute Gasteiger partial charge is 0.327 e. The minimum Gasteiger partial charge on any atom is -0.327 e. The molecule has 1 atom stereocenters. The third kappa shape index (κ3) is 4.18. The molecule has 0 aliphatic carbocycles.